The molecule has 1 nitrogen and oxygen atoms in total. The Hall–Kier alpha value is -2.38. The summed E-state index contributed by atoms with van der Waals surface area (Å²) in [6.45, 7) is 14.3. The van der Waals surface area contributed by atoms with Crippen molar-refractivity contribution < 1.29 is 0 Å². The highest BCUT2D eigenvalue weighted by atomic mass is 14.5. The van der Waals surface area contributed by atoms with Crippen molar-refractivity contribution in [1.29, 1.82) is 0 Å². The van der Waals surface area contributed by atoms with Gasteiger partial charge in [-0.2, -0.15) is 0 Å². The second-order valence-corrected chi connectivity index (χ2v) is 10.0. The lowest BCUT2D eigenvalue weighted by molar-refractivity contribution is 0.571. The smallest absolute Gasteiger partial charge is 0.0181 e. The summed E-state index contributed by atoms with van der Waals surface area (Å²) >= 11 is 0. The molecule has 2 N–H and O–H groups in total. The zero-order valence-corrected chi connectivity index (χ0v) is 18.0. The monoisotopic (exact) mass is 369 g/mol. The minimum atomic E-state index is 0.0433. The molecule has 28 heavy (non-hydrogen) atoms. The SMILES string of the molecule is CC(C)(C)c1cc(-c2cccc3c2=c2ccccc2=3)c(C(C)(C)C)cc1CN. The molecular formula is C27H31N. The first kappa shape index (κ1) is 19.0. The van der Waals surface area contributed by atoms with Gasteiger partial charge in [-0.3, -0.25) is 0 Å². The molecule has 1 aliphatic carbocycles. The van der Waals surface area contributed by atoms with Crippen LogP contribution in [0.3, 0.4) is 0 Å². The molecule has 4 rings (SSSR count). The predicted molar refractivity (Wildman–Crippen MR) is 119 cm³/mol. The first-order chi connectivity index (χ1) is 13.1. The van der Waals surface area contributed by atoms with Crippen LogP contribution in [0.5, 0.6) is 0 Å². The molecule has 0 unspecified atom stereocenters. The Balaban J connectivity index is 2.13. The third-order valence-electron chi connectivity index (χ3n) is 5.92. The molecule has 0 bridgehead atoms. The van der Waals surface area contributed by atoms with Crippen LogP contribution in [-0.4, -0.2) is 0 Å². The van der Waals surface area contributed by atoms with Gasteiger partial charge in [-0.25, -0.2) is 0 Å². The molecule has 1 heteroatoms. The Morgan fingerprint density at radius 3 is 1.86 bits per heavy atom. The van der Waals surface area contributed by atoms with Crippen LogP contribution in [0.1, 0.15) is 58.2 Å². The van der Waals surface area contributed by atoms with Gasteiger partial charge in [0, 0.05) is 6.54 Å². The van der Waals surface area contributed by atoms with Gasteiger partial charge >= 0.3 is 0 Å². The van der Waals surface area contributed by atoms with Gasteiger partial charge in [0.05, 0.1) is 0 Å². The normalized spacial score (nSPS) is 13.0. The lowest BCUT2D eigenvalue weighted by atomic mass is 9.75. The Morgan fingerprint density at radius 1 is 0.643 bits per heavy atom. The molecule has 0 spiro atoms. The van der Waals surface area contributed by atoms with E-state index in [1.54, 1.807) is 0 Å². The molecule has 0 radical (unpaired) electrons. The summed E-state index contributed by atoms with van der Waals surface area (Å²) < 4.78 is 0. The van der Waals surface area contributed by atoms with Crippen LogP contribution in [-0.2, 0) is 17.4 Å². The van der Waals surface area contributed by atoms with Crippen LogP contribution in [0.25, 0.3) is 11.1 Å². The molecule has 0 saturated heterocycles. The van der Waals surface area contributed by atoms with E-state index in [1.807, 2.05) is 0 Å². The highest BCUT2D eigenvalue weighted by Crippen LogP contribution is 2.39. The topological polar surface area (TPSA) is 26.0 Å². The number of hydrogen-bond donors (Lipinski definition) is 1. The number of benzene rings is 3. The molecule has 1 aliphatic rings. The maximum Gasteiger partial charge on any atom is 0.0181 e. The van der Waals surface area contributed by atoms with Crippen LogP contribution >= 0.6 is 0 Å². The Labute approximate surface area is 168 Å². The Bertz CT molecular complexity index is 1250. The quantitative estimate of drug-likeness (QED) is 0.441. The first-order valence-corrected chi connectivity index (χ1v) is 10.2. The van der Waals surface area contributed by atoms with E-state index in [1.165, 1.54) is 48.7 Å². The average molecular weight is 370 g/mol. The maximum absolute atomic E-state index is 6.18. The summed E-state index contributed by atoms with van der Waals surface area (Å²) in [4.78, 5) is 0. The van der Waals surface area contributed by atoms with E-state index >= 15 is 0 Å². The summed E-state index contributed by atoms with van der Waals surface area (Å²) in [5.41, 5.74) is 13.0. The number of rotatable bonds is 2. The Kier molecular flexibility index (Phi) is 4.28. The van der Waals surface area contributed by atoms with Crippen molar-refractivity contribution in [2.45, 2.75) is 58.9 Å². The second kappa shape index (κ2) is 6.32. The molecule has 0 atom stereocenters. The van der Waals surface area contributed by atoms with E-state index in [2.05, 4.69) is 96.1 Å². The third-order valence-corrected chi connectivity index (χ3v) is 5.92. The molecule has 3 aromatic rings. The summed E-state index contributed by atoms with van der Waals surface area (Å²) in [5, 5.41) is 5.50. The summed E-state index contributed by atoms with van der Waals surface area (Å²) in [5.74, 6) is 0. The van der Waals surface area contributed by atoms with E-state index in [9.17, 15) is 0 Å². The van der Waals surface area contributed by atoms with Gasteiger partial charge in [-0.15, -0.1) is 0 Å². The summed E-state index contributed by atoms with van der Waals surface area (Å²) in [7, 11) is 0. The van der Waals surface area contributed by atoms with Crippen molar-refractivity contribution in [1.82, 2.24) is 0 Å². The van der Waals surface area contributed by atoms with Gasteiger partial charge < -0.3 is 5.73 Å². The fourth-order valence-corrected chi connectivity index (χ4v) is 4.52. The molecule has 0 aliphatic heterocycles. The maximum atomic E-state index is 6.18. The molecule has 0 fully saturated rings. The lowest BCUT2D eigenvalue weighted by Crippen LogP contribution is -2.20. The van der Waals surface area contributed by atoms with Gasteiger partial charge in [0.2, 0.25) is 0 Å². The van der Waals surface area contributed by atoms with Crippen LogP contribution in [0.2, 0.25) is 0 Å². The van der Waals surface area contributed by atoms with Crippen LogP contribution in [0.15, 0.2) is 54.6 Å². The van der Waals surface area contributed by atoms with Gasteiger partial charge in [0.25, 0.3) is 0 Å². The molecule has 0 heterocycles. The molecule has 0 aromatic heterocycles. The highest BCUT2D eigenvalue weighted by molar-refractivity contribution is 5.72. The summed E-state index contributed by atoms with van der Waals surface area (Å²) in [6.07, 6.45) is 0. The highest BCUT2D eigenvalue weighted by Gasteiger charge is 2.26. The standard InChI is InChI=1S/C27H31N/c1-26(2,3)23-15-22(24(27(4,5)6)14-17(23)16-28)21-13-9-12-20-18-10-7-8-11-19(18)25(20)21/h7-15H,16,28H2,1-6H3. The minimum absolute atomic E-state index is 0.0433. The zero-order chi connectivity index (χ0) is 20.3. The third kappa shape index (κ3) is 2.89. The van der Waals surface area contributed by atoms with Crippen molar-refractivity contribution in [2.24, 2.45) is 5.73 Å². The molecule has 3 aromatic carbocycles. The number of hydrogen-bond acceptors (Lipinski definition) is 1. The van der Waals surface area contributed by atoms with E-state index < -0.39 is 0 Å². The molecular weight excluding hydrogens is 338 g/mol. The fraction of sp³-hybridized carbons (Fsp3) is 0.333. The van der Waals surface area contributed by atoms with E-state index in [0.29, 0.717) is 6.54 Å². The van der Waals surface area contributed by atoms with Crippen LogP contribution in [0.4, 0.5) is 0 Å². The first-order valence-electron chi connectivity index (χ1n) is 10.2. The van der Waals surface area contributed by atoms with E-state index in [4.69, 9.17) is 5.73 Å². The number of nitrogens with two attached hydrogens (primary N) is 1. The van der Waals surface area contributed by atoms with Gasteiger partial charge in [0.1, 0.15) is 0 Å². The zero-order valence-electron chi connectivity index (χ0n) is 18.0. The van der Waals surface area contributed by atoms with Crippen molar-refractivity contribution in [3.8, 4) is 11.1 Å². The van der Waals surface area contributed by atoms with Crippen LogP contribution < -0.4 is 5.73 Å². The van der Waals surface area contributed by atoms with Crippen LogP contribution in [0, 0.1) is 20.9 Å². The lowest BCUT2D eigenvalue weighted by Gasteiger charge is -2.30. The predicted octanol–water partition coefficient (Wildman–Crippen LogP) is 6.29. The molecule has 144 valence electrons. The van der Waals surface area contributed by atoms with Gasteiger partial charge in [-0.05, 0) is 65.6 Å². The van der Waals surface area contributed by atoms with Crippen molar-refractivity contribution >= 4 is 0 Å². The van der Waals surface area contributed by atoms with Gasteiger partial charge in [-0.1, -0.05) is 90.1 Å². The van der Waals surface area contributed by atoms with Crippen molar-refractivity contribution in [3.05, 3.63) is 92.2 Å². The summed E-state index contributed by atoms with van der Waals surface area (Å²) in [6, 6.07) is 20.2. The largest absolute Gasteiger partial charge is 0.326 e. The molecule has 0 saturated carbocycles. The molecule has 0 amide bonds. The number of fused-ring (bicyclic) bond motifs is 2. The van der Waals surface area contributed by atoms with E-state index in [0.717, 1.165) is 0 Å². The average Bonchev–Trinajstić information content (AvgIpc) is 2.63. The van der Waals surface area contributed by atoms with Crippen molar-refractivity contribution in [3.63, 3.8) is 0 Å². The fourth-order valence-electron chi connectivity index (χ4n) is 4.52. The van der Waals surface area contributed by atoms with E-state index in [-0.39, 0.29) is 10.8 Å². The minimum Gasteiger partial charge on any atom is -0.326 e. The Morgan fingerprint density at radius 2 is 1.25 bits per heavy atom. The van der Waals surface area contributed by atoms with Crippen molar-refractivity contribution in [2.75, 3.05) is 0 Å². The second-order valence-electron chi connectivity index (χ2n) is 10.0. The van der Waals surface area contributed by atoms with Gasteiger partial charge in [0.15, 0.2) is 0 Å².